The second-order valence-corrected chi connectivity index (χ2v) is 11.8. The summed E-state index contributed by atoms with van der Waals surface area (Å²) in [6, 6.07) is 9.45. The summed E-state index contributed by atoms with van der Waals surface area (Å²) in [5.74, 6) is 0.679. The Morgan fingerprint density at radius 2 is 1.97 bits per heavy atom. The second-order valence-electron chi connectivity index (χ2n) is 8.61. The highest BCUT2D eigenvalue weighted by atomic mass is 79.9. The molecule has 5 rings (SSSR count). The molecule has 2 aliphatic rings. The Kier molecular flexibility index (Phi) is 6.37. The number of hydrogen-bond donors (Lipinski definition) is 2. The summed E-state index contributed by atoms with van der Waals surface area (Å²) < 4.78 is 47.1. The van der Waals surface area contributed by atoms with Gasteiger partial charge in [-0.15, -0.1) is 0 Å². The highest BCUT2D eigenvalue weighted by molar-refractivity contribution is 9.10. The van der Waals surface area contributed by atoms with Crippen LogP contribution in [0.1, 0.15) is 0 Å². The zero-order valence-electron chi connectivity index (χ0n) is 18.5. The SMILES string of the molecule is COC(=O)NCC1[C@H]2CN(S(=O)(=O)c3cc(-c4ncc(-c5ccc(Br)c(F)c5)[nH]4)ccc3Cl)C[C@@H]12. The monoisotopic (exact) mass is 582 g/mol. The van der Waals surface area contributed by atoms with Crippen molar-refractivity contribution in [1.82, 2.24) is 19.6 Å². The normalized spacial score (nSPS) is 21.5. The quantitative estimate of drug-likeness (QED) is 0.444. The van der Waals surface area contributed by atoms with Crippen molar-refractivity contribution in [3.63, 3.8) is 0 Å². The molecule has 2 N–H and O–H groups in total. The van der Waals surface area contributed by atoms with Crippen LogP contribution in [0.15, 0.2) is 52.0 Å². The maximum absolute atomic E-state index is 13.9. The van der Waals surface area contributed by atoms with E-state index < -0.39 is 21.9 Å². The summed E-state index contributed by atoms with van der Waals surface area (Å²) in [6.07, 6.45) is 1.08. The number of carbonyl (C=O) groups is 1. The molecule has 1 aliphatic heterocycles. The average Bonchev–Trinajstić information content (AvgIpc) is 3.20. The number of ether oxygens (including phenoxy) is 1. The number of nitrogens with zero attached hydrogens (tertiary/aromatic N) is 2. The first kappa shape index (κ1) is 24.2. The van der Waals surface area contributed by atoms with Crippen molar-refractivity contribution < 1.29 is 22.3 Å². The van der Waals surface area contributed by atoms with E-state index in [9.17, 15) is 17.6 Å². The molecule has 1 saturated carbocycles. The number of amides is 1. The van der Waals surface area contributed by atoms with Gasteiger partial charge in [-0.05, 0) is 64.0 Å². The van der Waals surface area contributed by atoms with Crippen molar-refractivity contribution in [1.29, 1.82) is 0 Å². The molecule has 1 unspecified atom stereocenters. The van der Waals surface area contributed by atoms with Crippen LogP contribution < -0.4 is 5.32 Å². The molecule has 1 amide bonds. The van der Waals surface area contributed by atoms with E-state index in [2.05, 4.69) is 36.0 Å². The number of carbonyl (C=O) groups excluding carboxylic acids is 1. The van der Waals surface area contributed by atoms with Gasteiger partial charge in [-0.3, -0.25) is 0 Å². The number of nitrogens with one attached hydrogen (secondary N) is 2. The van der Waals surface area contributed by atoms with Crippen LogP contribution in [0.2, 0.25) is 5.02 Å². The van der Waals surface area contributed by atoms with Gasteiger partial charge in [-0.25, -0.2) is 22.6 Å². The molecule has 2 aromatic carbocycles. The summed E-state index contributed by atoms with van der Waals surface area (Å²) in [5, 5.41) is 2.80. The number of imidazole rings is 1. The van der Waals surface area contributed by atoms with Gasteiger partial charge >= 0.3 is 6.09 Å². The van der Waals surface area contributed by atoms with Crippen molar-refractivity contribution in [3.8, 4) is 22.6 Å². The summed E-state index contributed by atoms with van der Waals surface area (Å²) in [7, 11) is -2.52. The lowest BCUT2D eigenvalue weighted by Gasteiger charge is -2.20. The molecule has 3 atom stereocenters. The Morgan fingerprint density at radius 3 is 2.66 bits per heavy atom. The zero-order chi connectivity index (χ0) is 24.9. The molecule has 0 radical (unpaired) electrons. The fourth-order valence-electron chi connectivity index (χ4n) is 4.65. The summed E-state index contributed by atoms with van der Waals surface area (Å²) in [4.78, 5) is 18.8. The Balaban J connectivity index is 1.33. The van der Waals surface area contributed by atoms with Crippen LogP contribution in [0.4, 0.5) is 9.18 Å². The number of benzene rings is 2. The van der Waals surface area contributed by atoms with Crippen molar-refractivity contribution in [2.45, 2.75) is 4.90 Å². The molecule has 35 heavy (non-hydrogen) atoms. The predicted molar refractivity (Wildman–Crippen MR) is 132 cm³/mol. The fraction of sp³-hybridized carbons (Fsp3) is 0.304. The third-order valence-electron chi connectivity index (χ3n) is 6.63. The molecule has 1 saturated heterocycles. The molecule has 3 aromatic rings. The van der Waals surface area contributed by atoms with E-state index in [1.165, 1.54) is 29.6 Å². The van der Waals surface area contributed by atoms with E-state index in [-0.39, 0.29) is 27.7 Å². The minimum atomic E-state index is -3.82. The van der Waals surface area contributed by atoms with Crippen molar-refractivity contribution >= 4 is 43.6 Å². The number of piperidine rings is 1. The van der Waals surface area contributed by atoms with Crippen LogP contribution >= 0.6 is 27.5 Å². The molecule has 12 heteroatoms. The predicted octanol–water partition coefficient (Wildman–Crippen LogP) is 4.52. The van der Waals surface area contributed by atoms with Gasteiger partial charge in [0.05, 0.1) is 28.5 Å². The highest BCUT2D eigenvalue weighted by Crippen LogP contribution is 2.52. The van der Waals surface area contributed by atoms with Gasteiger partial charge in [0.25, 0.3) is 0 Å². The summed E-state index contributed by atoms with van der Waals surface area (Å²) >= 11 is 9.45. The lowest BCUT2D eigenvalue weighted by molar-refractivity contribution is 0.170. The first-order valence-electron chi connectivity index (χ1n) is 10.8. The molecular formula is C23H21BrClFN4O4S. The average molecular weight is 584 g/mol. The molecule has 1 aromatic heterocycles. The number of halogens is 3. The van der Waals surface area contributed by atoms with Gasteiger partial charge < -0.3 is 15.0 Å². The zero-order valence-corrected chi connectivity index (χ0v) is 21.6. The van der Waals surface area contributed by atoms with E-state index in [0.29, 0.717) is 46.8 Å². The maximum Gasteiger partial charge on any atom is 0.406 e. The maximum atomic E-state index is 13.9. The Bertz CT molecular complexity index is 1400. The largest absolute Gasteiger partial charge is 0.453 e. The number of hydrogen-bond acceptors (Lipinski definition) is 5. The molecule has 184 valence electrons. The van der Waals surface area contributed by atoms with E-state index in [1.807, 2.05) is 0 Å². The second kappa shape index (κ2) is 9.20. The summed E-state index contributed by atoms with van der Waals surface area (Å²) in [5.41, 5.74) is 1.75. The number of alkyl carbamates (subject to hydrolysis) is 1. The van der Waals surface area contributed by atoms with Crippen LogP contribution in [-0.4, -0.2) is 55.5 Å². The van der Waals surface area contributed by atoms with Gasteiger partial charge in [0.1, 0.15) is 16.5 Å². The molecule has 2 heterocycles. The minimum Gasteiger partial charge on any atom is -0.453 e. The number of aromatic amines is 1. The fourth-order valence-corrected chi connectivity index (χ4v) is 6.91. The molecule has 2 fully saturated rings. The smallest absolute Gasteiger partial charge is 0.406 e. The lowest BCUT2D eigenvalue weighted by atomic mass is 10.2. The highest BCUT2D eigenvalue weighted by Gasteiger charge is 2.57. The van der Waals surface area contributed by atoms with Crippen LogP contribution in [0.5, 0.6) is 0 Å². The molecule has 8 nitrogen and oxygen atoms in total. The van der Waals surface area contributed by atoms with E-state index in [4.69, 9.17) is 11.6 Å². The van der Waals surface area contributed by atoms with Gasteiger partial charge in [0, 0.05) is 30.8 Å². The van der Waals surface area contributed by atoms with Crippen molar-refractivity contribution in [2.75, 3.05) is 26.7 Å². The van der Waals surface area contributed by atoms with Crippen molar-refractivity contribution in [2.24, 2.45) is 17.8 Å². The molecule has 0 bridgehead atoms. The van der Waals surface area contributed by atoms with Crippen LogP contribution in [0, 0.1) is 23.6 Å². The first-order valence-corrected chi connectivity index (χ1v) is 13.4. The molecule has 0 spiro atoms. The Labute approximate surface area is 215 Å². The standard InChI is InChI=1S/C23H21BrClFN4O4S/c1-34-23(31)28-8-14-15-10-30(11-16(14)15)35(32,33)21-7-13(3-5-18(21)25)22-27-9-20(29-22)12-2-4-17(24)19(26)6-12/h2-7,9,14-16H,8,10-11H2,1H3,(H,27,29)(H,28,31)/t14?,15-,16+. The van der Waals surface area contributed by atoms with Gasteiger partial charge in [0.15, 0.2) is 0 Å². The number of methoxy groups -OCH3 is 1. The first-order chi connectivity index (χ1) is 16.7. The van der Waals surface area contributed by atoms with Crippen LogP contribution in [0.25, 0.3) is 22.6 Å². The third-order valence-corrected chi connectivity index (χ3v) is 9.59. The number of rotatable bonds is 6. The lowest BCUT2D eigenvalue weighted by Crippen LogP contribution is -2.34. The van der Waals surface area contributed by atoms with E-state index in [1.54, 1.807) is 24.4 Å². The minimum absolute atomic E-state index is 0.00911. The van der Waals surface area contributed by atoms with Gasteiger partial charge in [0.2, 0.25) is 10.0 Å². The third kappa shape index (κ3) is 4.57. The van der Waals surface area contributed by atoms with Crippen LogP contribution in [0.3, 0.4) is 0 Å². The Morgan fingerprint density at radius 1 is 1.26 bits per heavy atom. The van der Waals surface area contributed by atoms with Crippen LogP contribution in [-0.2, 0) is 14.8 Å². The van der Waals surface area contributed by atoms with Crippen molar-refractivity contribution in [3.05, 3.63) is 57.9 Å². The number of sulfonamides is 1. The van der Waals surface area contributed by atoms with Gasteiger partial charge in [-0.1, -0.05) is 17.7 Å². The van der Waals surface area contributed by atoms with E-state index >= 15 is 0 Å². The summed E-state index contributed by atoms with van der Waals surface area (Å²) in [6.45, 7) is 1.22. The number of H-pyrrole nitrogens is 1. The topological polar surface area (TPSA) is 104 Å². The number of aromatic nitrogens is 2. The molecule has 1 aliphatic carbocycles. The van der Waals surface area contributed by atoms with Gasteiger partial charge in [-0.2, -0.15) is 4.31 Å². The van der Waals surface area contributed by atoms with E-state index in [0.717, 1.165) is 0 Å². The Hall–Kier alpha value is -2.47. The molecular weight excluding hydrogens is 563 g/mol. The number of fused-ring (bicyclic) bond motifs is 1.